The molecule has 166 valence electrons. The van der Waals surface area contributed by atoms with Crippen molar-refractivity contribution >= 4 is 29.0 Å². The van der Waals surface area contributed by atoms with Gasteiger partial charge in [0.05, 0.1) is 21.3 Å². The number of anilines is 2. The van der Waals surface area contributed by atoms with E-state index in [4.69, 9.17) is 19.9 Å². The summed E-state index contributed by atoms with van der Waals surface area (Å²) in [5, 5.41) is 9.72. The van der Waals surface area contributed by atoms with Gasteiger partial charge in [-0.25, -0.2) is 4.68 Å². The van der Waals surface area contributed by atoms with Crippen LogP contribution in [-0.2, 0) is 4.79 Å². The van der Waals surface area contributed by atoms with Crippen molar-refractivity contribution in [2.24, 2.45) is 0 Å². The zero-order chi connectivity index (χ0) is 22.4. The number of fused-ring (bicyclic) bond motifs is 1. The smallest absolute Gasteiger partial charge is 0.241 e. The number of carbonyl (C=O) groups is 1. The van der Waals surface area contributed by atoms with E-state index < -0.39 is 6.04 Å². The molecule has 1 aliphatic carbocycles. The van der Waals surface area contributed by atoms with Gasteiger partial charge in [-0.3, -0.25) is 4.79 Å². The van der Waals surface area contributed by atoms with Crippen molar-refractivity contribution < 1.29 is 19.0 Å². The normalized spacial score (nSPS) is 19.8. The third kappa shape index (κ3) is 3.18. The second kappa shape index (κ2) is 7.86. The lowest BCUT2D eigenvalue weighted by molar-refractivity contribution is -0.116. The Morgan fingerprint density at radius 1 is 1.16 bits per heavy atom. The highest BCUT2D eigenvalue weighted by Crippen LogP contribution is 2.47. The molecule has 1 aromatic carbocycles. The summed E-state index contributed by atoms with van der Waals surface area (Å²) in [5.41, 5.74) is 8.20. The Labute approximate surface area is 188 Å². The fourth-order valence-corrected chi connectivity index (χ4v) is 5.35. The van der Waals surface area contributed by atoms with Crippen molar-refractivity contribution in [3.05, 3.63) is 51.4 Å². The van der Waals surface area contributed by atoms with Crippen LogP contribution < -0.4 is 25.3 Å². The first-order valence-electron chi connectivity index (χ1n) is 10.1. The molecule has 2 aromatic heterocycles. The van der Waals surface area contributed by atoms with Gasteiger partial charge < -0.3 is 25.3 Å². The average Bonchev–Trinajstić information content (AvgIpc) is 3.45. The first-order chi connectivity index (χ1) is 15.5. The second-order valence-electron chi connectivity index (χ2n) is 7.66. The summed E-state index contributed by atoms with van der Waals surface area (Å²) < 4.78 is 18.2. The number of Topliss-reactive ketones (excluding diaryl/α,β-unsaturated/α-hetero) is 1. The van der Waals surface area contributed by atoms with E-state index in [0.717, 1.165) is 11.3 Å². The van der Waals surface area contributed by atoms with Gasteiger partial charge in [0.1, 0.15) is 6.04 Å². The van der Waals surface area contributed by atoms with Crippen molar-refractivity contribution in [3.63, 3.8) is 0 Å². The molecule has 10 heteroatoms. The maximum atomic E-state index is 13.5. The molecule has 0 saturated carbocycles. The fraction of sp³-hybridized carbons (Fsp3) is 0.318. The van der Waals surface area contributed by atoms with Gasteiger partial charge in [0.2, 0.25) is 17.6 Å². The zero-order valence-electron chi connectivity index (χ0n) is 17.9. The monoisotopic (exact) mass is 453 g/mol. The van der Waals surface area contributed by atoms with Crippen LogP contribution in [0.1, 0.15) is 35.2 Å². The number of aromatic nitrogens is 3. The highest BCUT2D eigenvalue weighted by Gasteiger charge is 2.40. The lowest BCUT2D eigenvalue weighted by Crippen LogP contribution is -2.33. The fourth-order valence-electron chi connectivity index (χ4n) is 4.52. The molecule has 2 atom stereocenters. The number of hydrogen-bond acceptors (Lipinski definition) is 9. The van der Waals surface area contributed by atoms with Crippen molar-refractivity contribution in [2.75, 3.05) is 32.4 Å². The third-order valence-corrected chi connectivity index (χ3v) is 6.92. The Morgan fingerprint density at radius 2 is 1.91 bits per heavy atom. The molecular weight excluding hydrogens is 430 g/mol. The molecule has 0 fully saturated rings. The molecule has 3 heterocycles. The number of rotatable bonds is 5. The third-order valence-electron chi connectivity index (χ3n) is 5.88. The van der Waals surface area contributed by atoms with E-state index in [9.17, 15) is 4.79 Å². The standard InChI is InChI=1S/C22H23N5O4S/c1-29-15-9-12(10-16(30-2)20(15)31-3)19-18-13(24-22-25-21(23)26-27(19)22)7-11(8-14(18)28)17-5-4-6-32-17/h4-6,9-11,19H,7-8H2,1-3H3,(H3,23,24,25,26)/t11-,19-/m0/s1. The van der Waals surface area contributed by atoms with Gasteiger partial charge in [-0.05, 0) is 35.6 Å². The summed E-state index contributed by atoms with van der Waals surface area (Å²) in [6, 6.07) is 7.24. The number of nitrogens with two attached hydrogens (primary N) is 1. The van der Waals surface area contributed by atoms with Gasteiger partial charge in [0, 0.05) is 28.5 Å². The predicted molar refractivity (Wildman–Crippen MR) is 121 cm³/mol. The van der Waals surface area contributed by atoms with E-state index >= 15 is 0 Å². The van der Waals surface area contributed by atoms with E-state index in [-0.39, 0.29) is 17.6 Å². The summed E-state index contributed by atoms with van der Waals surface area (Å²) in [6.45, 7) is 0. The predicted octanol–water partition coefficient (Wildman–Crippen LogP) is 3.36. The largest absolute Gasteiger partial charge is 0.493 e. The zero-order valence-corrected chi connectivity index (χ0v) is 18.7. The van der Waals surface area contributed by atoms with Crippen LogP contribution in [0.25, 0.3) is 0 Å². The Bertz CT molecular complexity index is 1190. The van der Waals surface area contributed by atoms with Crippen LogP contribution in [0, 0.1) is 0 Å². The maximum Gasteiger partial charge on any atom is 0.241 e. The summed E-state index contributed by atoms with van der Waals surface area (Å²) in [4.78, 5) is 19.0. The number of ether oxygens (including phenoxy) is 3. The van der Waals surface area contributed by atoms with Crippen LogP contribution in [0.2, 0.25) is 0 Å². The Balaban J connectivity index is 1.67. The van der Waals surface area contributed by atoms with Crippen LogP contribution >= 0.6 is 11.3 Å². The number of methoxy groups -OCH3 is 3. The molecule has 3 N–H and O–H groups in total. The highest BCUT2D eigenvalue weighted by atomic mass is 32.1. The number of carbonyl (C=O) groups excluding carboxylic acids is 1. The Morgan fingerprint density at radius 3 is 2.53 bits per heavy atom. The molecule has 2 aliphatic rings. The number of nitrogens with zero attached hydrogens (tertiary/aromatic N) is 3. The number of benzene rings is 1. The van der Waals surface area contributed by atoms with Gasteiger partial charge in [0.25, 0.3) is 0 Å². The van der Waals surface area contributed by atoms with Crippen LogP contribution in [-0.4, -0.2) is 41.9 Å². The first kappa shape index (κ1) is 20.4. The number of nitrogen functional groups attached to an aromatic ring is 1. The summed E-state index contributed by atoms with van der Waals surface area (Å²) in [6.07, 6.45) is 1.14. The maximum absolute atomic E-state index is 13.5. The topological polar surface area (TPSA) is 114 Å². The van der Waals surface area contributed by atoms with Crippen LogP contribution in [0.15, 0.2) is 40.9 Å². The number of thiophene rings is 1. The molecule has 0 saturated heterocycles. The van der Waals surface area contributed by atoms with Crippen molar-refractivity contribution in [1.82, 2.24) is 14.8 Å². The Hall–Kier alpha value is -3.53. The molecule has 1 aliphatic heterocycles. The van der Waals surface area contributed by atoms with E-state index in [1.54, 1.807) is 37.3 Å². The molecule has 0 unspecified atom stereocenters. The van der Waals surface area contributed by atoms with Crippen molar-refractivity contribution in [3.8, 4) is 17.2 Å². The number of allylic oxidation sites excluding steroid dienone is 2. The van der Waals surface area contributed by atoms with Crippen LogP contribution in [0.3, 0.4) is 0 Å². The summed E-state index contributed by atoms with van der Waals surface area (Å²) >= 11 is 1.67. The minimum absolute atomic E-state index is 0.0654. The number of ketones is 1. The second-order valence-corrected chi connectivity index (χ2v) is 8.64. The summed E-state index contributed by atoms with van der Waals surface area (Å²) in [5.74, 6) is 2.30. The van der Waals surface area contributed by atoms with Crippen LogP contribution in [0.4, 0.5) is 11.9 Å². The Kier molecular flexibility index (Phi) is 5.01. The summed E-state index contributed by atoms with van der Waals surface area (Å²) in [7, 11) is 4.67. The molecule has 0 amide bonds. The molecule has 32 heavy (non-hydrogen) atoms. The van der Waals surface area contributed by atoms with Gasteiger partial charge in [-0.2, -0.15) is 4.98 Å². The molecular formula is C22H23N5O4S. The van der Waals surface area contributed by atoms with Gasteiger partial charge in [-0.1, -0.05) is 6.07 Å². The minimum atomic E-state index is -0.517. The lowest BCUT2D eigenvalue weighted by atomic mass is 9.80. The van der Waals surface area contributed by atoms with Crippen LogP contribution in [0.5, 0.6) is 17.2 Å². The minimum Gasteiger partial charge on any atom is -0.493 e. The van der Waals surface area contributed by atoms with Gasteiger partial charge in [-0.15, -0.1) is 16.4 Å². The average molecular weight is 454 g/mol. The molecule has 5 rings (SSSR count). The van der Waals surface area contributed by atoms with E-state index in [2.05, 4.69) is 21.5 Å². The molecule has 9 nitrogen and oxygen atoms in total. The highest BCUT2D eigenvalue weighted by molar-refractivity contribution is 7.10. The molecule has 3 aromatic rings. The number of hydrogen-bond donors (Lipinski definition) is 2. The molecule has 0 bridgehead atoms. The van der Waals surface area contributed by atoms with Crippen molar-refractivity contribution in [1.29, 1.82) is 0 Å². The SMILES string of the molecule is COc1cc([C@H]2C3=C(C[C@H](c4cccs4)CC3=O)Nc3nc(N)nn32)cc(OC)c1OC. The van der Waals surface area contributed by atoms with E-state index in [1.165, 1.54) is 4.88 Å². The van der Waals surface area contributed by atoms with E-state index in [1.807, 2.05) is 23.6 Å². The van der Waals surface area contributed by atoms with Crippen molar-refractivity contribution in [2.45, 2.75) is 24.8 Å². The van der Waals surface area contributed by atoms with E-state index in [0.29, 0.717) is 41.6 Å². The van der Waals surface area contributed by atoms with Gasteiger partial charge >= 0.3 is 0 Å². The van der Waals surface area contributed by atoms with Gasteiger partial charge in [0.15, 0.2) is 17.3 Å². The molecule has 0 radical (unpaired) electrons. The molecule has 0 spiro atoms. The quantitative estimate of drug-likeness (QED) is 0.605. The number of nitrogens with one attached hydrogen (secondary N) is 1. The lowest BCUT2D eigenvalue weighted by Gasteiger charge is -2.35. The first-order valence-corrected chi connectivity index (χ1v) is 11.0.